The molecule has 0 fully saturated rings. The summed E-state index contributed by atoms with van der Waals surface area (Å²) in [6.45, 7) is 2.02. The molecular weight excluding hydrogens is 392 g/mol. The summed E-state index contributed by atoms with van der Waals surface area (Å²) in [5.74, 6) is -0.118. The first-order valence-electron chi connectivity index (χ1n) is 5.66. The highest BCUT2D eigenvalue weighted by Crippen LogP contribution is 2.38. The van der Waals surface area contributed by atoms with Gasteiger partial charge in [0, 0.05) is 4.88 Å². The largest absolute Gasteiger partial charge is 0.507 e. The standard InChI is InChI=1S/C14H12Br2O2S/c1-8-6-7-19-14(8)12(16)11(15)13(18)9-4-2-3-5-10(9)17/h2-7,11-12,17H,1H3/t11-,12+/m0/s1. The predicted octanol–water partition coefficient (Wildman–Crippen LogP) is 4.84. The van der Waals surface area contributed by atoms with E-state index in [1.54, 1.807) is 29.5 Å². The van der Waals surface area contributed by atoms with Crippen LogP contribution in [0.25, 0.3) is 0 Å². The van der Waals surface area contributed by atoms with Gasteiger partial charge in [-0.05, 0) is 36.1 Å². The summed E-state index contributed by atoms with van der Waals surface area (Å²) in [6.07, 6.45) is 0. The van der Waals surface area contributed by atoms with Crippen molar-refractivity contribution >= 4 is 49.0 Å². The van der Waals surface area contributed by atoms with Gasteiger partial charge in [-0.15, -0.1) is 11.3 Å². The van der Waals surface area contributed by atoms with Gasteiger partial charge >= 0.3 is 0 Å². The molecule has 5 heteroatoms. The third-order valence-corrected chi connectivity index (χ3v) is 6.87. The second-order valence-electron chi connectivity index (χ2n) is 4.15. The maximum atomic E-state index is 12.4. The molecule has 1 N–H and O–H groups in total. The Balaban J connectivity index is 2.25. The summed E-state index contributed by atoms with van der Waals surface area (Å²) < 4.78 is 0. The molecule has 1 aromatic carbocycles. The van der Waals surface area contributed by atoms with Gasteiger partial charge in [0.2, 0.25) is 0 Å². The van der Waals surface area contributed by atoms with Gasteiger partial charge in [-0.3, -0.25) is 4.79 Å². The number of carbonyl (C=O) groups excluding carboxylic acids is 1. The molecule has 2 aromatic rings. The van der Waals surface area contributed by atoms with Gasteiger partial charge in [0.1, 0.15) is 5.75 Å². The minimum absolute atomic E-state index is 0.0135. The molecule has 2 atom stereocenters. The first-order chi connectivity index (χ1) is 9.02. The van der Waals surface area contributed by atoms with Crippen LogP contribution < -0.4 is 0 Å². The van der Waals surface area contributed by atoms with Gasteiger partial charge < -0.3 is 5.11 Å². The van der Waals surface area contributed by atoms with Crippen LogP contribution in [0.3, 0.4) is 0 Å². The molecular formula is C14H12Br2O2S. The zero-order valence-electron chi connectivity index (χ0n) is 10.1. The molecule has 0 radical (unpaired) electrons. The molecule has 0 saturated carbocycles. The quantitative estimate of drug-likeness (QED) is 0.585. The van der Waals surface area contributed by atoms with Crippen molar-refractivity contribution in [3.8, 4) is 5.75 Å². The zero-order chi connectivity index (χ0) is 14.0. The van der Waals surface area contributed by atoms with Gasteiger partial charge in [0.25, 0.3) is 0 Å². The highest BCUT2D eigenvalue weighted by Gasteiger charge is 2.29. The van der Waals surface area contributed by atoms with Crippen LogP contribution in [0.2, 0.25) is 0 Å². The van der Waals surface area contributed by atoms with E-state index in [0.717, 1.165) is 10.4 Å². The fourth-order valence-corrected chi connectivity index (χ4v) is 4.31. The molecule has 1 aromatic heterocycles. The van der Waals surface area contributed by atoms with Crippen LogP contribution in [0.15, 0.2) is 35.7 Å². The normalized spacial score (nSPS) is 14.1. The van der Waals surface area contributed by atoms with Crippen molar-refractivity contribution < 1.29 is 9.90 Å². The van der Waals surface area contributed by atoms with Crippen LogP contribution in [0.5, 0.6) is 5.75 Å². The van der Waals surface area contributed by atoms with Gasteiger partial charge in [-0.1, -0.05) is 44.0 Å². The van der Waals surface area contributed by atoms with Crippen molar-refractivity contribution in [3.63, 3.8) is 0 Å². The maximum absolute atomic E-state index is 12.4. The van der Waals surface area contributed by atoms with E-state index in [-0.39, 0.29) is 16.4 Å². The number of aryl methyl sites for hydroxylation is 1. The van der Waals surface area contributed by atoms with Crippen molar-refractivity contribution in [1.82, 2.24) is 0 Å². The van der Waals surface area contributed by atoms with E-state index in [4.69, 9.17) is 0 Å². The van der Waals surface area contributed by atoms with E-state index < -0.39 is 4.83 Å². The molecule has 0 aliphatic carbocycles. The van der Waals surface area contributed by atoms with Crippen molar-refractivity contribution in [2.75, 3.05) is 0 Å². The lowest BCUT2D eigenvalue weighted by Gasteiger charge is -2.16. The van der Waals surface area contributed by atoms with Gasteiger partial charge in [0.05, 0.1) is 15.2 Å². The third kappa shape index (κ3) is 3.09. The minimum atomic E-state index is -0.418. The number of phenolic OH excluding ortho intramolecular Hbond substituents is 1. The Hall–Kier alpha value is -0.650. The van der Waals surface area contributed by atoms with Crippen LogP contribution in [0, 0.1) is 6.92 Å². The number of ketones is 1. The number of aromatic hydroxyl groups is 1. The number of phenols is 1. The van der Waals surface area contributed by atoms with E-state index in [0.29, 0.717) is 5.56 Å². The van der Waals surface area contributed by atoms with E-state index in [1.165, 1.54) is 6.07 Å². The van der Waals surface area contributed by atoms with Crippen LogP contribution in [0.4, 0.5) is 0 Å². The van der Waals surface area contributed by atoms with E-state index >= 15 is 0 Å². The molecule has 1 heterocycles. The summed E-state index contributed by atoms with van der Waals surface area (Å²) in [5, 5.41) is 11.7. The van der Waals surface area contributed by atoms with Crippen molar-refractivity contribution in [3.05, 3.63) is 51.7 Å². The van der Waals surface area contributed by atoms with E-state index in [9.17, 15) is 9.90 Å². The number of hydrogen-bond acceptors (Lipinski definition) is 3. The molecule has 0 amide bonds. The Kier molecular flexibility index (Phi) is 4.81. The summed E-state index contributed by atoms with van der Waals surface area (Å²) in [6, 6.07) is 8.62. The lowest BCUT2D eigenvalue weighted by atomic mass is 10.0. The monoisotopic (exact) mass is 402 g/mol. The van der Waals surface area contributed by atoms with Crippen molar-refractivity contribution in [1.29, 1.82) is 0 Å². The number of Topliss-reactive ketones (excluding diaryl/α,β-unsaturated/α-hetero) is 1. The molecule has 19 heavy (non-hydrogen) atoms. The first-order valence-corrected chi connectivity index (χ1v) is 8.38. The predicted molar refractivity (Wildman–Crippen MR) is 85.9 cm³/mol. The number of para-hydroxylation sites is 1. The molecule has 100 valence electrons. The maximum Gasteiger partial charge on any atom is 0.181 e. The molecule has 0 bridgehead atoms. The zero-order valence-corrected chi connectivity index (χ0v) is 14.1. The molecule has 0 aliphatic rings. The molecule has 0 aliphatic heterocycles. The second kappa shape index (κ2) is 6.20. The summed E-state index contributed by atoms with van der Waals surface area (Å²) in [5.41, 5.74) is 1.49. The van der Waals surface area contributed by atoms with Gasteiger partial charge in [-0.25, -0.2) is 0 Å². The highest BCUT2D eigenvalue weighted by molar-refractivity contribution is 9.12. The van der Waals surface area contributed by atoms with Crippen LogP contribution >= 0.6 is 43.2 Å². The topological polar surface area (TPSA) is 37.3 Å². The number of alkyl halides is 2. The fraction of sp³-hybridized carbons (Fsp3) is 0.214. The Morgan fingerprint density at radius 2 is 1.95 bits per heavy atom. The molecule has 2 nitrogen and oxygen atoms in total. The number of hydrogen-bond donors (Lipinski definition) is 1. The van der Waals surface area contributed by atoms with Crippen molar-refractivity contribution in [2.45, 2.75) is 16.6 Å². The van der Waals surface area contributed by atoms with E-state index in [1.807, 2.05) is 18.4 Å². The van der Waals surface area contributed by atoms with E-state index in [2.05, 4.69) is 31.9 Å². The Labute approximate surface area is 132 Å². The van der Waals surface area contributed by atoms with Crippen LogP contribution in [-0.4, -0.2) is 15.7 Å². The SMILES string of the molecule is Cc1ccsc1[C@H](Br)[C@H](Br)C(=O)c1ccccc1O. The second-order valence-corrected chi connectivity index (χ2v) is 7.07. The first kappa shape index (κ1) is 14.8. The van der Waals surface area contributed by atoms with Crippen molar-refractivity contribution in [2.24, 2.45) is 0 Å². The number of rotatable bonds is 4. The molecule has 2 rings (SSSR count). The Morgan fingerprint density at radius 3 is 2.53 bits per heavy atom. The van der Waals surface area contributed by atoms with Gasteiger partial charge in [-0.2, -0.15) is 0 Å². The Morgan fingerprint density at radius 1 is 1.26 bits per heavy atom. The molecule has 0 spiro atoms. The van der Waals surface area contributed by atoms with Crippen LogP contribution in [0.1, 0.15) is 25.6 Å². The summed E-state index contributed by atoms with van der Waals surface area (Å²) in [4.78, 5) is 13.0. The summed E-state index contributed by atoms with van der Waals surface area (Å²) >= 11 is 8.61. The number of thiophene rings is 1. The summed E-state index contributed by atoms with van der Waals surface area (Å²) in [7, 11) is 0. The third-order valence-electron chi connectivity index (χ3n) is 2.83. The molecule has 0 saturated heterocycles. The fourth-order valence-electron chi connectivity index (χ4n) is 1.76. The van der Waals surface area contributed by atoms with Crippen LogP contribution in [-0.2, 0) is 0 Å². The number of carbonyl (C=O) groups is 1. The number of halogens is 2. The highest BCUT2D eigenvalue weighted by atomic mass is 79.9. The average molecular weight is 404 g/mol. The average Bonchev–Trinajstić information content (AvgIpc) is 2.83. The smallest absolute Gasteiger partial charge is 0.181 e. The lowest BCUT2D eigenvalue weighted by Crippen LogP contribution is -2.19. The number of benzene rings is 1. The van der Waals surface area contributed by atoms with Gasteiger partial charge in [0.15, 0.2) is 5.78 Å². The molecule has 0 unspecified atom stereocenters. The lowest BCUT2D eigenvalue weighted by molar-refractivity contribution is 0.0988. The minimum Gasteiger partial charge on any atom is -0.507 e. The Bertz CT molecular complexity index is 595.